The third-order valence-electron chi connectivity index (χ3n) is 7.32. The van der Waals surface area contributed by atoms with Crippen molar-refractivity contribution in [2.45, 2.75) is 103 Å². The lowest BCUT2D eigenvalue weighted by atomic mass is 10.1. The van der Waals surface area contributed by atoms with Gasteiger partial charge in [0, 0.05) is 12.1 Å². The van der Waals surface area contributed by atoms with Crippen molar-refractivity contribution < 1.29 is 28.9 Å². The summed E-state index contributed by atoms with van der Waals surface area (Å²) >= 11 is 0. The lowest BCUT2D eigenvalue weighted by Crippen LogP contribution is -2.14. The van der Waals surface area contributed by atoms with Crippen molar-refractivity contribution in [2.24, 2.45) is 11.8 Å². The second-order valence-corrected chi connectivity index (χ2v) is 10.7. The smallest absolute Gasteiger partial charge is 0.345 e. The predicted octanol–water partition coefficient (Wildman–Crippen LogP) is 7.32. The number of ether oxygens (including phenoxy) is 2. The standard InChI is InChI=1S/C28H40N2O8/c31-27(37-17-9-5-1-3-7-11-21-13-14-21)23-19-26(30(35)36)24(20-25(23)29(33)34)28(32)38-18-10-6-2-4-8-12-22-15-16-22/h19-22H,1-18H2. The van der Waals surface area contributed by atoms with Crippen LogP contribution in [0.4, 0.5) is 11.4 Å². The molecule has 0 unspecified atom stereocenters. The van der Waals surface area contributed by atoms with E-state index in [1.54, 1.807) is 0 Å². The molecule has 0 radical (unpaired) electrons. The average Bonchev–Trinajstić information content (AvgIpc) is 3.82. The molecule has 0 aromatic heterocycles. The highest BCUT2D eigenvalue weighted by Crippen LogP contribution is 2.35. The SMILES string of the molecule is O=C(OCCCCCCCC1CC1)c1cc([N+](=O)[O-])c(C(=O)OCCCCCCCC2CC2)cc1[N+](=O)[O-]. The Balaban J connectivity index is 1.47. The Labute approximate surface area is 223 Å². The summed E-state index contributed by atoms with van der Waals surface area (Å²) < 4.78 is 10.3. The second-order valence-electron chi connectivity index (χ2n) is 10.7. The van der Waals surface area contributed by atoms with Crippen molar-refractivity contribution in [3.8, 4) is 0 Å². The van der Waals surface area contributed by atoms with Crippen LogP contribution in [-0.4, -0.2) is 35.0 Å². The molecule has 210 valence electrons. The third kappa shape index (κ3) is 10.4. The van der Waals surface area contributed by atoms with Crippen molar-refractivity contribution in [3.63, 3.8) is 0 Å². The minimum absolute atomic E-state index is 0.0663. The van der Waals surface area contributed by atoms with E-state index in [4.69, 9.17) is 9.47 Å². The minimum Gasteiger partial charge on any atom is -0.462 e. The van der Waals surface area contributed by atoms with Crippen molar-refractivity contribution in [1.82, 2.24) is 0 Å². The fraction of sp³-hybridized carbons (Fsp3) is 0.714. The molecule has 0 amide bonds. The van der Waals surface area contributed by atoms with Crippen molar-refractivity contribution in [1.29, 1.82) is 0 Å². The molecule has 2 aliphatic rings. The van der Waals surface area contributed by atoms with E-state index in [-0.39, 0.29) is 13.2 Å². The van der Waals surface area contributed by atoms with E-state index in [1.165, 1.54) is 51.4 Å². The van der Waals surface area contributed by atoms with E-state index in [1.807, 2.05) is 0 Å². The van der Waals surface area contributed by atoms with Gasteiger partial charge < -0.3 is 9.47 Å². The highest BCUT2D eigenvalue weighted by Gasteiger charge is 2.32. The van der Waals surface area contributed by atoms with E-state index >= 15 is 0 Å². The van der Waals surface area contributed by atoms with Gasteiger partial charge in [0.1, 0.15) is 11.1 Å². The largest absolute Gasteiger partial charge is 0.462 e. The van der Waals surface area contributed by atoms with Crippen LogP contribution in [0.15, 0.2) is 12.1 Å². The molecule has 2 saturated carbocycles. The van der Waals surface area contributed by atoms with E-state index in [0.29, 0.717) is 12.8 Å². The van der Waals surface area contributed by atoms with Crippen molar-refractivity contribution in [2.75, 3.05) is 13.2 Å². The fourth-order valence-electron chi connectivity index (χ4n) is 4.64. The summed E-state index contributed by atoms with van der Waals surface area (Å²) in [7, 11) is 0. The maximum Gasteiger partial charge on any atom is 0.345 e. The molecule has 2 aliphatic carbocycles. The molecule has 1 aromatic carbocycles. The van der Waals surface area contributed by atoms with Crippen LogP contribution in [0.3, 0.4) is 0 Å². The van der Waals surface area contributed by atoms with Gasteiger partial charge in [0.05, 0.1) is 23.1 Å². The molecule has 0 heterocycles. The lowest BCUT2D eigenvalue weighted by molar-refractivity contribution is -0.389. The maximum absolute atomic E-state index is 12.5. The zero-order valence-electron chi connectivity index (χ0n) is 22.2. The molecular formula is C28H40N2O8. The van der Waals surface area contributed by atoms with Crippen LogP contribution < -0.4 is 0 Å². The Morgan fingerprint density at radius 2 is 0.974 bits per heavy atom. The van der Waals surface area contributed by atoms with Crippen LogP contribution in [0, 0.1) is 32.1 Å². The molecule has 0 aliphatic heterocycles. The van der Waals surface area contributed by atoms with E-state index in [9.17, 15) is 29.8 Å². The number of nitro groups is 2. The van der Waals surface area contributed by atoms with Gasteiger partial charge in [-0.15, -0.1) is 0 Å². The topological polar surface area (TPSA) is 139 Å². The van der Waals surface area contributed by atoms with Gasteiger partial charge in [0.25, 0.3) is 11.4 Å². The maximum atomic E-state index is 12.5. The van der Waals surface area contributed by atoms with Crippen LogP contribution in [-0.2, 0) is 9.47 Å². The summed E-state index contributed by atoms with van der Waals surface area (Å²) in [6, 6.07) is 1.49. The molecule has 10 nitrogen and oxygen atoms in total. The Bertz CT molecular complexity index is 894. The highest BCUT2D eigenvalue weighted by molar-refractivity contribution is 6.00. The Hall–Kier alpha value is -3.04. The highest BCUT2D eigenvalue weighted by atomic mass is 16.6. The number of hydrogen-bond acceptors (Lipinski definition) is 8. The van der Waals surface area contributed by atoms with Crippen LogP contribution in [0.5, 0.6) is 0 Å². The molecular weight excluding hydrogens is 492 g/mol. The number of benzene rings is 1. The normalized spacial score (nSPS) is 14.7. The molecule has 3 rings (SSSR count). The number of carbonyl (C=O) groups is 2. The summed E-state index contributed by atoms with van der Waals surface area (Å²) in [5, 5.41) is 23.2. The van der Waals surface area contributed by atoms with Gasteiger partial charge in [-0.1, -0.05) is 89.9 Å². The monoisotopic (exact) mass is 532 g/mol. The number of nitrogens with zero attached hydrogens (tertiary/aromatic N) is 2. The van der Waals surface area contributed by atoms with Crippen molar-refractivity contribution in [3.05, 3.63) is 43.5 Å². The van der Waals surface area contributed by atoms with Crippen LogP contribution in [0.2, 0.25) is 0 Å². The first-order chi connectivity index (χ1) is 18.4. The molecule has 0 bridgehead atoms. The molecule has 0 atom stereocenters. The van der Waals surface area contributed by atoms with Crippen LogP contribution in [0.1, 0.15) is 123 Å². The molecule has 38 heavy (non-hydrogen) atoms. The Kier molecular flexibility index (Phi) is 12.0. The summed E-state index contributed by atoms with van der Waals surface area (Å²) in [5.41, 5.74) is -2.53. The summed E-state index contributed by atoms with van der Waals surface area (Å²) in [5.74, 6) is -0.203. The summed E-state index contributed by atoms with van der Waals surface area (Å²) in [6.45, 7) is 0.133. The summed E-state index contributed by atoms with van der Waals surface area (Å²) in [4.78, 5) is 46.6. The summed E-state index contributed by atoms with van der Waals surface area (Å²) in [6.07, 6.45) is 17.6. The van der Waals surface area contributed by atoms with Crippen LogP contribution in [0.25, 0.3) is 0 Å². The molecule has 10 heteroatoms. The van der Waals surface area contributed by atoms with Gasteiger partial charge in [-0.2, -0.15) is 0 Å². The van der Waals surface area contributed by atoms with Gasteiger partial charge in [-0.25, -0.2) is 9.59 Å². The number of hydrogen-bond donors (Lipinski definition) is 0. The number of rotatable bonds is 20. The van der Waals surface area contributed by atoms with Gasteiger partial charge in [-0.05, 0) is 24.7 Å². The van der Waals surface area contributed by atoms with E-state index < -0.39 is 44.3 Å². The molecule has 0 spiro atoms. The zero-order valence-corrected chi connectivity index (χ0v) is 22.2. The number of unbranched alkanes of at least 4 members (excludes halogenated alkanes) is 8. The van der Waals surface area contributed by atoms with Crippen molar-refractivity contribution >= 4 is 23.3 Å². The first kappa shape index (κ1) is 29.5. The quantitative estimate of drug-likeness (QED) is 0.0736. The second kappa shape index (κ2) is 15.4. The number of carbonyl (C=O) groups excluding carboxylic acids is 2. The molecule has 0 saturated heterocycles. The third-order valence-corrected chi connectivity index (χ3v) is 7.32. The fourth-order valence-corrected chi connectivity index (χ4v) is 4.64. The molecule has 0 N–H and O–H groups in total. The zero-order chi connectivity index (χ0) is 27.3. The molecule has 2 fully saturated rings. The number of esters is 2. The average molecular weight is 533 g/mol. The van der Waals surface area contributed by atoms with Gasteiger partial charge in [-0.3, -0.25) is 20.2 Å². The van der Waals surface area contributed by atoms with Crippen LogP contribution >= 0.6 is 0 Å². The van der Waals surface area contributed by atoms with Gasteiger partial charge >= 0.3 is 11.9 Å². The Morgan fingerprint density at radius 1 is 0.632 bits per heavy atom. The first-order valence-electron chi connectivity index (χ1n) is 14.2. The Morgan fingerprint density at radius 3 is 1.32 bits per heavy atom. The number of nitro benzene ring substituents is 2. The predicted molar refractivity (Wildman–Crippen MR) is 141 cm³/mol. The molecule has 1 aromatic rings. The van der Waals surface area contributed by atoms with Gasteiger partial charge in [0.2, 0.25) is 0 Å². The van der Waals surface area contributed by atoms with E-state index in [2.05, 4.69) is 0 Å². The van der Waals surface area contributed by atoms with Gasteiger partial charge in [0.15, 0.2) is 0 Å². The lowest BCUT2D eigenvalue weighted by Gasteiger charge is -2.09. The minimum atomic E-state index is -1.02. The first-order valence-corrected chi connectivity index (χ1v) is 14.2. The van der Waals surface area contributed by atoms with E-state index in [0.717, 1.165) is 62.5 Å².